The molecule has 4 nitrogen and oxygen atoms in total. The Morgan fingerprint density at radius 1 is 1.07 bits per heavy atom. The third-order valence-electron chi connectivity index (χ3n) is 6.12. The van der Waals surface area contributed by atoms with Crippen molar-refractivity contribution < 1.29 is 9.59 Å². The molecule has 1 saturated heterocycles. The van der Waals surface area contributed by atoms with Gasteiger partial charge in [-0.05, 0) is 48.2 Å². The summed E-state index contributed by atoms with van der Waals surface area (Å²) in [5, 5.41) is 0.657. The van der Waals surface area contributed by atoms with Gasteiger partial charge < -0.3 is 9.80 Å². The van der Waals surface area contributed by atoms with Crippen LogP contribution in [0.1, 0.15) is 59.0 Å². The predicted molar refractivity (Wildman–Crippen MR) is 123 cm³/mol. The Morgan fingerprint density at radius 2 is 1.73 bits per heavy atom. The Labute approximate surface area is 187 Å². The van der Waals surface area contributed by atoms with E-state index in [1.165, 1.54) is 19.3 Å². The lowest BCUT2D eigenvalue weighted by Crippen LogP contribution is -2.38. The van der Waals surface area contributed by atoms with Crippen molar-refractivity contribution in [2.75, 3.05) is 12.8 Å². The van der Waals surface area contributed by atoms with Crippen molar-refractivity contribution in [1.29, 1.82) is 0 Å². The van der Waals surface area contributed by atoms with Crippen molar-refractivity contribution in [3.8, 4) is 0 Å². The number of rotatable bonds is 5. The van der Waals surface area contributed by atoms with Crippen LogP contribution in [0.2, 0.25) is 5.02 Å². The van der Waals surface area contributed by atoms with Crippen LogP contribution in [0.5, 0.6) is 0 Å². The normalized spacial score (nSPS) is 19.9. The zero-order chi connectivity index (χ0) is 21.1. The van der Waals surface area contributed by atoms with E-state index in [-0.39, 0.29) is 17.2 Å². The van der Waals surface area contributed by atoms with Gasteiger partial charge in [0.15, 0.2) is 0 Å². The lowest BCUT2D eigenvalue weighted by atomic mass is 9.94. The number of benzene rings is 2. The number of thioether (sulfide) groups is 1. The summed E-state index contributed by atoms with van der Waals surface area (Å²) in [4.78, 5) is 29.2. The van der Waals surface area contributed by atoms with Crippen LogP contribution in [0.3, 0.4) is 0 Å². The molecule has 0 radical (unpaired) electrons. The maximum atomic E-state index is 12.9. The van der Waals surface area contributed by atoms with Gasteiger partial charge >= 0.3 is 0 Å². The van der Waals surface area contributed by atoms with Crippen molar-refractivity contribution in [1.82, 2.24) is 9.80 Å². The highest BCUT2D eigenvalue weighted by molar-refractivity contribution is 8.00. The number of nitrogens with zero attached hydrogens (tertiary/aromatic N) is 2. The fraction of sp³-hybridized carbons (Fsp3) is 0.417. The molecule has 158 valence electrons. The maximum Gasteiger partial charge on any atom is 0.253 e. The minimum absolute atomic E-state index is 0.0339. The van der Waals surface area contributed by atoms with E-state index in [1.54, 1.807) is 11.8 Å². The minimum atomic E-state index is -0.0339. The second-order valence-corrected chi connectivity index (χ2v) is 9.65. The molecule has 0 unspecified atom stereocenters. The molecule has 1 aliphatic heterocycles. The molecule has 2 aliphatic rings. The number of amides is 2. The van der Waals surface area contributed by atoms with Gasteiger partial charge in [-0.1, -0.05) is 55.1 Å². The van der Waals surface area contributed by atoms with Crippen molar-refractivity contribution in [2.24, 2.45) is 0 Å². The number of carbonyl (C=O) groups is 2. The van der Waals surface area contributed by atoms with Crippen molar-refractivity contribution in [2.45, 2.75) is 50.1 Å². The monoisotopic (exact) mass is 442 g/mol. The van der Waals surface area contributed by atoms with Crippen LogP contribution in [-0.2, 0) is 11.3 Å². The van der Waals surface area contributed by atoms with Gasteiger partial charge in [-0.3, -0.25) is 9.59 Å². The highest BCUT2D eigenvalue weighted by Crippen LogP contribution is 2.39. The largest absolute Gasteiger partial charge is 0.339 e. The zero-order valence-electron chi connectivity index (χ0n) is 17.2. The third-order valence-corrected chi connectivity index (χ3v) is 7.63. The van der Waals surface area contributed by atoms with E-state index in [0.29, 0.717) is 28.9 Å². The summed E-state index contributed by atoms with van der Waals surface area (Å²) < 4.78 is 0. The second kappa shape index (κ2) is 9.44. The molecule has 30 heavy (non-hydrogen) atoms. The molecular formula is C24H27ClN2O2S. The molecule has 1 saturated carbocycles. The molecule has 1 heterocycles. The van der Waals surface area contributed by atoms with Crippen molar-refractivity contribution >= 4 is 35.2 Å². The van der Waals surface area contributed by atoms with Gasteiger partial charge in [0.1, 0.15) is 5.37 Å². The smallest absolute Gasteiger partial charge is 0.253 e. The Balaban J connectivity index is 1.46. The van der Waals surface area contributed by atoms with Gasteiger partial charge in [0.25, 0.3) is 5.91 Å². The van der Waals surface area contributed by atoms with E-state index in [2.05, 4.69) is 0 Å². The van der Waals surface area contributed by atoms with Crippen molar-refractivity contribution in [3.63, 3.8) is 0 Å². The molecule has 1 aliphatic carbocycles. The summed E-state index contributed by atoms with van der Waals surface area (Å²) in [5.74, 6) is 0.697. The maximum absolute atomic E-state index is 12.9. The van der Waals surface area contributed by atoms with Crippen LogP contribution >= 0.6 is 23.4 Å². The topological polar surface area (TPSA) is 40.6 Å². The van der Waals surface area contributed by atoms with Crippen LogP contribution in [0.15, 0.2) is 48.5 Å². The first-order valence-electron chi connectivity index (χ1n) is 10.6. The summed E-state index contributed by atoms with van der Waals surface area (Å²) in [6.45, 7) is 0.554. The van der Waals surface area contributed by atoms with Crippen LogP contribution in [-0.4, -0.2) is 40.5 Å². The first-order chi connectivity index (χ1) is 14.5. The van der Waals surface area contributed by atoms with Crippen molar-refractivity contribution in [3.05, 3.63) is 70.2 Å². The van der Waals surface area contributed by atoms with E-state index in [0.717, 1.165) is 24.0 Å². The molecule has 0 spiro atoms. The average molecular weight is 443 g/mol. The molecule has 2 fully saturated rings. The first kappa shape index (κ1) is 21.3. The Kier molecular flexibility index (Phi) is 6.69. The Bertz CT molecular complexity index is 894. The highest BCUT2D eigenvalue weighted by atomic mass is 35.5. The highest BCUT2D eigenvalue weighted by Gasteiger charge is 2.33. The standard InChI is InChI=1S/C24H27ClN2O2S/c1-26(21-5-3-2-4-6-21)23(29)18-9-11-19(12-10-18)24-27(22(28)16-30-24)15-17-7-13-20(25)14-8-17/h7-14,21,24H,2-6,15-16H2,1H3/t24-/m1/s1. The van der Waals surface area contributed by atoms with Crippen LogP contribution in [0.25, 0.3) is 0 Å². The van der Waals surface area contributed by atoms with Gasteiger partial charge in [-0.2, -0.15) is 0 Å². The van der Waals surface area contributed by atoms with Gasteiger partial charge in [0.05, 0.1) is 5.75 Å². The quantitative estimate of drug-likeness (QED) is 0.612. The Morgan fingerprint density at radius 3 is 2.40 bits per heavy atom. The molecule has 4 rings (SSSR count). The lowest BCUT2D eigenvalue weighted by molar-refractivity contribution is -0.128. The van der Waals surface area contributed by atoms with Crippen LogP contribution in [0.4, 0.5) is 0 Å². The lowest BCUT2D eigenvalue weighted by Gasteiger charge is -2.31. The minimum Gasteiger partial charge on any atom is -0.339 e. The zero-order valence-corrected chi connectivity index (χ0v) is 18.8. The fourth-order valence-electron chi connectivity index (χ4n) is 4.32. The molecular weight excluding hydrogens is 416 g/mol. The summed E-state index contributed by atoms with van der Waals surface area (Å²) in [5.41, 5.74) is 2.82. The van der Waals surface area contributed by atoms with E-state index in [9.17, 15) is 9.59 Å². The van der Waals surface area contributed by atoms with Gasteiger partial charge in [0.2, 0.25) is 5.91 Å². The first-order valence-corrected chi connectivity index (χ1v) is 12.0. The summed E-state index contributed by atoms with van der Waals surface area (Å²) in [7, 11) is 1.92. The van der Waals surface area contributed by atoms with Gasteiger partial charge in [-0.25, -0.2) is 0 Å². The molecule has 2 aromatic carbocycles. The van der Waals surface area contributed by atoms with Gasteiger partial charge in [-0.15, -0.1) is 11.8 Å². The van der Waals surface area contributed by atoms with E-state index in [1.807, 2.05) is 65.4 Å². The molecule has 2 aromatic rings. The van der Waals surface area contributed by atoms with Crippen LogP contribution < -0.4 is 0 Å². The summed E-state index contributed by atoms with van der Waals surface area (Å²) in [6, 6.07) is 15.8. The predicted octanol–water partition coefficient (Wildman–Crippen LogP) is 5.52. The number of halogens is 1. The van der Waals surface area contributed by atoms with E-state index < -0.39 is 0 Å². The molecule has 2 amide bonds. The molecule has 1 atom stereocenters. The number of hydrogen-bond donors (Lipinski definition) is 0. The summed E-state index contributed by atoms with van der Waals surface area (Å²) >= 11 is 7.61. The number of carbonyl (C=O) groups excluding carboxylic acids is 2. The fourth-order valence-corrected chi connectivity index (χ4v) is 5.63. The third kappa shape index (κ3) is 4.68. The SMILES string of the molecule is CN(C(=O)c1ccc([C@H]2SCC(=O)N2Cc2ccc(Cl)cc2)cc1)C1CCCCC1. The summed E-state index contributed by atoms with van der Waals surface area (Å²) in [6.07, 6.45) is 5.88. The molecule has 6 heteroatoms. The molecule has 0 bridgehead atoms. The number of hydrogen-bond acceptors (Lipinski definition) is 3. The average Bonchev–Trinajstić information content (AvgIpc) is 3.15. The van der Waals surface area contributed by atoms with Gasteiger partial charge in [0, 0.05) is 30.2 Å². The Hall–Kier alpha value is -1.98. The van der Waals surface area contributed by atoms with Crippen LogP contribution in [0, 0.1) is 0 Å². The second-order valence-electron chi connectivity index (χ2n) is 8.14. The van der Waals surface area contributed by atoms with E-state index >= 15 is 0 Å². The molecule has 0 N–H and O–H groups in total. The molecule has 0 aromatic heterocycles. The van der Waals surface area contributed by atoms with E-state index in [4.69, 9.17) is 11.6 Å².